The molecular weight excluding hydrogens is 378 g/mol. The van der Waals surface area contributed by atoms with Crippen LogP contribution in [0.5, 0.6) is 0 Å². The van der Waals surface area contributed by atoms with E-state index in [1.54, 1.807) is 6.08 Å². The summed E-state index contributed by atoms with van der Waals surface area (Å²) < 4.78 is 5.93. The maximum Gasteiger partial charge on any atom is 0.311 e. The number of allylic oxidation sites excluding steroid dienone is 3. The van der Waals surface area contributed by atoms with Crippen LogP contribution in [0, 0.1) is 17.3 Å². The summed E-state index contributed by atoms with van der Waals surface area (Å²) in [5.41, 5.74) is 1.65. The zero-order valence-corrected chi connectivity index (χ0v) is 17.7. The Morgan fingerprint density at radius 2 is 2.00 bits per heavy atom. The van der Waals surface area contributed by atoms with E-state index in [0.29, 0.717) is 0 Å². The SMILES string of the molecule is CC1=C2[C@H]3OC(=O)C(CN4CCN(c5ccccn5)CC4)[C@@H]3CC[C@@]2(C)C=CC1=O. The average Bonchev–Trinajstić information content (AvgIpc) is 3.07. The van der Waals surface area contributed by atoms with Crippen LogP contribution in [0.3, 0.4) is 0 Å². The number of ketones is 1. The molecule has 3 fully saturated rings. The van der Waals surface area contributed by atoms with E-state index in [9.17, 15) is 9.59 Å². The molecule has 0 amide bonds. The largest absolute Gasteiger partial charge is 0.457 e. The molecule has 158 valence electrons. The van der Waals surface area contributed by atoms with Crippen LogP contribution >= 0.6 is 0 Å². The Bertz CT molecular complexity index is 917. The van der Waals surface area contributed by atoms with Crippen LogP contribution in [0.15, 0.2) is 47.7 Å². The number of hydrogen-bond acceptors (Lipinski definition) is 6. The first-order chi connectivity index (χ1) is 14.5. The highest BCUT2D eigenvalue weighted by Crippen LogP contribution is 2.53. The second kappa shape index (κ2) is 7.34. The van der Waals surface area contributed by atoms with Crippen molar-refractivity contribution < 1.29 is 14.3 Å². The molecule has 4 atom stereocenters. The predicted octanol–water partition coefficient (Wildman–Crippen LogP) is 2.62. The molecule has 1 aromatic heterocycles. The molecule has 0 aromatic carbocycles. The van der Waals surface area contributed by atoms with Gasteiger partial charge in [0.1, 0.15) is 11.9 Å². The van der Waals surface area contributed by atoms with E-state index >= 15 is 0 Å². The van der Waals surface area contributed by atoms with E-state index in [2.05, 4.69) is 21.7 Å². The maximum atomic E-state index is 12.9. The van der Waals surface area contributed by atoms with Crippen molar-refractivity contribution in [3.05, 3.63) is 47.7 Å². The number of fused-ring (bicyclic) bond motifs is 3. The monoisotopic (exact) mass is 407 g/mol. The first kappa shape index (κ1) is 19.5. The number of carbonyl (C=O) groups excluding carboxylic acids is 2. The van der Waals surface area contributed by atoms with Crippen LogP contribution in [0.1, 0.15) is 26.7 Å². The lowest BCUT2D eigenvalue weighted by atomic mass is 9.61. The molecule has 0 N–H and O–H groups in total. The number of pyridine rings is 1. The van der Waals surface area contributed by atoms with Gasteiger partial charge in [0.15, 0.2) is 5.78 Å². The number of carbonyl (C=O) groups is 2. The van der Waals surface area contributed by atoms with Crippen LogP contribution < -0.4 is 4.90 Å². The molecule has 1 unspecified atom stereocenters. The van der Waals surface area contributed by atoms with Gasteiger partial charge in [-0.25, -0.2) is 4.98 Å². The third-order valence-electron chi connectivity index (χ3n) is 7.53. The minimum absolute atomic E-state index is 0.0493. The second-order valence-electron chi connectivity index (χ2n) is 9.30. The molecule has 1 aromatic rings. The Morgan fingerprint density at radius 3 is 2.73 bits per heavy atom. The maximum absolute atomic E-state index is 12.9. The van der Waals surface area contributed by atoms with Crippen molar-refractivity contribution >= 4 is 17.6 Å². The zero-order chi connectivity index (χ0) is 20.9. The van der Waals surface area contributed by atoms with Crippen molar-refractivity contribution in [3.63, 3.8) is 0 Å². The Labute approximate surface area is 177 Å². The van der Waals surface area contributed by atoms with Crippen molar-refractivity contribution in [2.24, 2.45) is 17.3 Å². The van der Waals surface area contributed by atoms with Gasteiger partial charge >= 0.3 is 5.97 Å². The molecule has 0 bridgehead atoms. The Hall–Kier alpha value is -2.47. The third kappa shape index (κ3) is 3.18. The molecule has 1 saturated carbocycles. The number of esters is 1. The summed E-state index contributed by atoms with van der Waals surface area (Å²) in [7, 11) is 0. The first-order valence-corrected chi connectivity index (χ1v) is 11.0. The van der Waals surface area contributed by atoms with Crippen molar-refractivity contribution in [2.45, 2.75) is 32.8 Å². The summed E-state index contributed by atoms with van der Waals surface area (Å²) in [4.78, 5) is 34.3. The van der Waals surface area contributed by atoms with Crippen molar-refractivity contribution in [3.8, 4) is 0 Å². The summed E-state index contributed by atoms with van der Waals surface area (Å²) in [5.74, 6) is 1.03. The Balaban J connectivity index is 1.28. The smallest absolute Gasteiger partial charge is 0.311 e. The van der Waals surface area contributed by atoms with E-state index in [4.69, 9.17) is 4.74 Å². The highest BCUT2D eigenvalue weighted by molar-refractivity contribution is 6.05. The van der Waals surface area contributed by atoms with Gasteiger partial charge in [-0.1, -0.05) is 19.1 Å². The van der Waals surface area contributed by atoms with E-state index in [0.717, 1.165) is 62.5 Å². The molecule has 6 nitrogen and oxygen atoms in total. The van der Waals surface area contributed by atoms with Gasteiger partial charge in [0.2, 0.25) is 0 Å². The summed E-state index contributed by atoms with van der Waals surface area (Å²) in [6.45, 7) is 8.45. The van der Waals surface area contributed by atoms with E-state index in [-0.39, 0.29) is 35.1 Å². The molecule has 2 aliphatic carbocycles. The minimum Gasteiger partial charge on any atom is -0.457 e. The molecule has 0 spiro atoms. The molecular formula is C24H29N3O3. The van der Waals surface area contributed by atoms with Crippen LogP contribution in [0.25, 0.3) is 0 Å². The second-order valence-corrected chi connectivity index (χ2v) is 9.30. The molecule has 4 aliphatic rings. The molecule has 30 heavy (non-hydrogen) atoms. The standard InChI is InChI=1S/C24H29N3O3/c1-16-19(28)7-9-24(2)8-6-17-18(23(29)30-22(17)21(16)24)15-26-11-13-27(14-12-26)20-5-3-4-10-25-20/h3-5,7,9-10,17-18,22H,6,8,11-15H2,1-2H3/t17-,18?,22-,24-/m0/s1. The topological polar surface area (TPSA) is 62.7 Å². The molecule has 2 aliphatic heterocycles. The van der Waals surface area contributed by atoms with Crippen LogP contribution in [0.2, 0.25) is 0 Å². The van der Waals surface area contributed by atoms with Gasteiger partial charge in [0.05, 0.1) is 5.92 Å². The highest BCUT2D eigenvalue weighted by Gasteiger charge is 2.54. The zero-order valence-electron chi connectivity index (χ0n) is 17.7. The van der Waals surface area contributed by atoms with Gasteiger partial charge in [-0.2, -0.15) is 0 Å². The Kier molecular flexibility index (Phi) is 4.77. The lowest BCUT2D eigenvalue weighted by Gasteiger charge is -2.43. The molecule has 2 saturated heterocycles. The van der Waals surface area contributed by atoms with Crippen molar-refractivity contribution in [2.75, 3.05) is 37.6 Å². The quantitative estimate of drug-likeness (QED) is 0.718. The number of ether oxygens (including phenoxy) is 1. The van der Waals surface area contributed by atoms with Gasteiger partial charge < -0.3 is 9.64 Å². The predicted molar refractivity (Wildman–Crippen MR) is 114 cm³/mol. The lowest BCUT2D eigenvalue weighted by molar-refractivity contribution is -0.144. The number of hydrogen-bond donors (Lipinski definition) is 0. The van der Waals surface area contributed by atoms with Gasteiger partial charge in [-0.05, 0) is 43.5 Å². The number of nitrogens with zero attached hydrogens (tertiary/aromatic N) is 3. The molecule has 5 rings (SSSR count). The summed E-state index contributed by atoms with van der Waals surface area (Å²) >= 11 is 0. The lowest BCUT2D eigenvalue weighted by Crippen LogP contribution is -2.49. The van der Waals surface area contributed by atoms with E-state index in [1.807, 2.05) is 37.4 Å². The van der Waals surface area contributed by atoms with Crippen molar-refractivity contribution in [1.29, 1.82) is 0 Å². The van der Waals surface area contributed by atoms with Gasteiger partial charge in [0, 0.05) is 55.8 Å². The number of anilines is 1. The van der Waals surface area contributed by atoms with Gasteiger partial charge in [0.25, 0.3) is 0 Å². The summed E-state index contributed by atoms with van der Waals surface area (Å²) in [6, 6.07) is 6.00. The van der Waals surface area contributed by atoms with Gasteiger partial charge in [-0.15, -0.1) is 0 Å². The fraction of sp³-hybridized carbons (Fsp3) is 0.542. The van der Waals surface area contributed by atoms with E-state index in [1.165, 1.54) is 0 Å². The molecule has 3 heterocycles. The summed E-state index contributed by atoms with van der Waals surface area (Å²) in [6.07, 6.45) is 7.21. The third-order valence-corrected chi connectivity index (χ3v) is 7.53. The Morgan fingerprint density at radius 1 is 1.20 bits per heavy atom. The number of aromatic nitrogens is 1. The van der Waals surface area contributed by atoms with E-state index < -0.39 is 0 Å². The normalized spacial score (nSPS) is 34.1. The van der Waals surface area contributed by atoms with Crippen LogP contribution in [-0.4, -0.2) is 60.5 Å². The fourth-order valence-corrected chi connectivity index (χ4v) is 5.76. The van der Waals surface area contributed by atoms with Crippen LogP contribution in [-0.2, 0) is 14.3 Å². The average molecular weight is 408 g/mol. The van der Waals surface area contributed by atoms with Crippen molar-refractivity contribution in [1.82, 2.24) is 9.88 Å². The fourth-order valence-electron chi connectivity index (χ4n) is 5.76. The number of rotatable bonds is 3. The molecule has 6 heteroatoms. The summed E-state index contributed by atoms with van der Waals surface area (Å²) in [5, 5.41) is 0. The van der Waals surface area contributed by atoms with Gasteiger partial charge in [-0.3, -0.25) is 14.5 Å². The first-order valence-electron chi connectivity index (χ1n) is 11.0. The van der Waals surface area contributed by atoms with Crippen LogP contribution in [0.4, 0.5) is 5.82 Å². The minimum atomic E-state index is -0.245. The molecule has 0 radical (unpaired) electrons. The number of piperazine rings is 1. The highest BCUT2D eigenvalue weighted by atomic mass is 16.6.